The lowest BCUT2D eigenvalue weighted by atomic mass is 9.92. The lowest BCUT2D eigenvalue weighted by molar-refractivity contribution is 0.838. The van der Waals surface area contributed by atoms with E-state index in [2.05, 4.69) is 112 Å². The molecular weight excluding hydrogens is 459 g/mol. The monoisotopic (exact) mass is 490 g/mol. The molecule has 0 radical (unpaired) electrons. The van der Waals surface area contributed by atoms with Crippen molar-refractivity contribution in [2.24, 2.45) is 0 Å². The number of alkyl halides is 2. The van der Waals surface area contributed by atoms with Crippen molar-refractivity contribution in [3.05, 3.63) is 107 Å². The third-order valence-corrected chi connectivity index (χ3v) is 5.63. The van der Waals surface area contributed by atoms with Crippen LogP contribution in [0.15, 0.2) is 84.9 Å². The number of hydrogen-bond acceptors (Lipinski definition) is 2. The molecule has 0 fully saturated rings. The van der Waals surface area contributed by atoms with E-state index in [0.717, 1.165) is 27.9 Å². The van der Waals surface area contributed by atoms with Gasteiger partial charge in [0.15, 0.2) is 0 Å². The number of fused-ring (bicyclic) bond motifs is 1. The molecule has 2 nitrogen and oxygen atoms in total. The molecule has 0 aliphatic carbocycles. The van der Waals surface area contributed by atoms with E-state index in [1.807, 2.05) is 12.1 Å². The number of anilines is 1. The van der Waals surface area contributed by atoms with Gasteiger partial charge in [-0.3, -0.25) is 0 Å². The van der Waals surface area contributed by atoms with Gasteiger partial charge in [0.25, 0.3) is 0 Å². The number of rotatable bonds is 6. The highest BCUT2D eigenvalue weighted by molar-refractivity contribution is 6.40. The summed E-state index contributed by atoms with van der Waals surface area (Å²) in [4.78, 5) is 4.88. The van der Waals surface area contributed by atoms with E-state index in [4.69, 9.17) is 28.2 Å². The Morgan fingerprint density at radius 2 is 1.35 bits per heavy atom. The molecule has 0 bridgehead atoms. The molecule has 1 heterocycles. The minimum absolute atomic E-state index is 0.194. The van der Waals surface area contributed by atoms with Gasteiger partial charge < -0.3 is 5.32 Å². The van der Waals surface area contributed by atoms with Crippen LogP contribution in [0.5, 0.6) is 0 Å². The van der Waals surface area contributed by atoms with Gasteiger partial charge in [-0.1, -0.05) is 100 Å². The van der Waals surface area contributed by atoms with Gasteiger partial charge in [0, 0.05) is 16.8 Å². The number of pyridine rings is 1. The highest BCUT2D eigenvalue weighted by Gasteiger charge is 2.15. The second kappa shape index (κ2) is 12.6. The van der Waals surface area contributed by atoms with Crippen molar-refractivity contribution in [3.8, 4) is 0 Å². The normalized spacial score (nSPS) is 11.5. The molecule has 34 heavy (non-hydrogen) atoms. The second-order valence-electron chi connectivity index (χ2n) is 8.70. The van der Waals surface area contributed by atoms with Crippen molar-refractivity contribution < 1.29 is 0 Å². The number of nitrogens with zero attached hydrogens (tertiary/aromatic N) is 1. The van der Waals surface area contributed by atoms with Crippen LogP contribution in [0.2, 0.25) is 0 Å². The van der Waals surface area contributed by atoms with Crippen LogP contribution >= 0.6 is 23.2 Å². The maximum Gasteiger partial charge on any atom is 0.0967 e. The zero-order valence-corrected chi connectivity index (χ0v) is 21.7. The Kier molecular flexibility index (Phi) is 9.56. The van der Waals surface area contributed by atoms with E-state index in [1.165, 1.54) is 16.8 Å². The maximum absolute atomic E-state index is 4.88. The SMILES string of the molecule is CC(C)c1cccc(C(C)C)c1N/C(=C\c1ccc2ccccc2n1)c1ccccc1.ClCCl. The smallest absolute Gasteiger partial charge is 0.0967 e. The molecule has 1 N–H and O–H groups in total. The van der Waals surface area contributed by atoms with Gasteiger partial charge in [-0.15, -0.1) is 23.2 Å². The summed E-state index contributed by atoms with van der Waals surface area (Å²) < 4.78 is 0. The summed E-state index contributed by atoms with van der Waals surface area (Å²) in [6, 6.07) is 29.6. The molecule has 176 valence electrons. The van der Waals surface area contributed by atoms with Crippen LogP contribution in [-0.2, 0) is 0 Å². The molecule has 4 aromatic rings. The van der Waals surface area contributed by atoms with E-state index >= 15 is 0 Å². The maximum atomic E-state index is 4.88. The number of nitrogens with one attached hydrogen (secondary N) is 1. The summed E-state index contributed by atoms with van der Waals surface area (Å²) in [5, 5.41) is 5.16. The quantitative estimate of drug-likeness (QED) is 0.272. The lowest BCUT2D eigenvalue weighted by Gasteiger charge is -2.22. The molecule has 1 aromatic heterocycles. The Morgan fingerprint density at radius 3 is 1.97 bits per heavy atom. The third-order valence-electron chi connectivity index (χ3n) is 5.63. The Labute approximate surface area is 213 Å². The third kappa shape index (κ3) is 6.62. The molecule has 4 heteroatoms. The van der Waals surface area contributed by atoms with Crippen molar-refractivity contribution >= 4 is 51.6 Å². The van der Waals surface area contributed by atoms with Crippen LogP contribution in [0.25, 0.3) is 22.7 Å². The molecular formula is C30H32Cl2N2. The van der Waals surface area contributed by atoms with Gasteiger partial charge in [-0.05, 0) is 46.7 Å². The number of aromatic nitrogens is 1. The summed E-state index contributed by atoms with van der Waals surface area (Å²) in [7, 11) is 0. The van der Waals surface area contributed by atoms with Gasteiger partial charge in [-0.2, -0.15) is 0 Å². The first-order chi connectivity index (χ1) is 16.4. The average molecular weight is 492 g/mol. The lowest BCUT2D eigenvalue weighted by Crippen LogP contribution is -2.07. The first kappa shape index (κ1) is 25.8. The highest BCUT2D eigenvalue weighted by Crippen LogP contribution is 2.35. The van der Waals surface area contributed by atoms with Crippen LogP contribution in [0.3, 0.4) is 0 Å². The molecule has 0 amide bonds. The topological polar surface area (TPSA) is 24.9 Å². The molecule has 0 aliphatic rings. The summed E-state index contributed by atoms with van der Waals surface area (Å²) in [5.41, 5.74) is 8.03. The van der Waals surface area contributed by atoms with Gasteiger partial charge in [0.05, 0.1) is 16.5 Å². The Morgan fingerprint density at radius 1 is 0.765 bits per heavy atom. The standard InChI is InChI=1S/C29H30N2.CH2Cl2/c1-20(2)25-14-10-15-26(21(3)4)29(25)31-28(22-11-6-5-7-12-22)19-24-18-17-23-13-8-9-16-27(23)30-24;2-1-3/h5-21,31H,1-4H3;1H2/b28-19-;. The molecule has 0 aliphatic heterocycles. The summed E-state index contributed by atoms with van der Waals surface area (Å²) in [6.45, 7) is 9.01. The van der Waals surface area contributed by atoms with Crippen LogP contribution in [0, 0.1) is 0 Å². The number of halogens is 2. The van der Waals surface area contributed by atoms with Crippen LogP contribution < -0.4 is 5.32 Å². The van der Waals surface area contributed by atoms with E-state index in [0.29, 0.717) is 11.8 Å². The van der Waals surface area contributed by atoms with Gasteiger partial charge in [0.1, 0.15) is 0 Å². The molecule has 0 saturated heterocycles. The molecule has 0 saturated carbocycles. The van der Waals surface area contributed by atoms with Crippen LogP contribution in [0.4, 0.5) is 5.69 Å². The summed E-state index contributed by atoms with van der Waals surface area (Å²) in [5.74, 6) is 0.856. The average Bonchev–Trinajstić information content (AvgIpc) is 2.84. The fourth-order valence-electron chi connectivity index (χ4n) is 3.95. The van der Waals surface area contributed by atoms with Gasteiger partial charge >= 0.3 is 0 Å². The van der Waals surface area contributed by atoms with E-state index < -0.39 is 0 Å². The largest absolute Gasteiger partial charge is 0.355 e. The molecule has 0 atom stereocenters. The van der Waals surface area contributed by atoms with E-state index in [1.54, 1.807) is 0 Å². The van der Waals surface area contributed by atoms with Crippen LogP contribution in [-0.4, -0.2) is 10.3 Å². The summed E-state index contributed by atoms with van der Waals surface area (Å²) in [6.07, 6.45) is 2.16. The fraction of sp³-hybridized carbons (Fsp3) is 0.233. The fourth-order valence-corrected chi connectivity index (χ4v) is 3.95. The van der Waals surface area contributed by atoms with Crippen molar-refractivity contribution in [2.45, 2.75) is 39.5 Å². The summed E-state index contributed by atoms with van der Waals surface area (Å²) >= 11 is 9.53. The van der Waals surface area contributed by atoms with E-state index in [-0.39, 0.29) is 5.34 Å². The zero-order chi connectivity index (χ0) is 24.5. The first-order valence-corrected chi connectivity index (χ1v) is 12.7. The number of para-hydroxylation sites is 2. The Bertz CT molecular complexity index is 1200. The first-order valence-electron chi connectivity index (χ1n) is 11.6. The molecule has 0 spiro atoms. The predicted molar refractivity (Wildman–Crippen MR) is 151 cm³/mol. The van der Waals surface area contributed by atoms with Crippen molar-refractivity contribution in [2.75, 3.05) is 10.7 Å². The van der Waals surface area contributed by atoms with Crippen molar-refractivity contribution in [3.63, 3.8) is 0 Å². The molecule has 3 aromatic carbocycles. The molecule has 4 rings (SSSR count). The molecule has 0 unspecified atom stereocenters. The van der Waals surface area contributed by atoms with Crippen molar-refractivity contribution in [1.82, 2.24) is 4.98 Å². The van der Waals surface area contributed by atoms with Gasteiger partial charge in [-0.25, -0.2) is 4.98 Å². The number of hydrogen-bond donors (Lipinski definition) is 1. The number of benzene rings is 3. The predicted octanol–water partition coefficient (Wildman–Crippen LogP) is 9.51. The van der Waals surface area contributed by atoms with E-state index in [9.17, 15) is 0 Å². The zero-order valence-electron chi connectivity index (χ0n) is 20.2. The Balaban J connectivity index is 0.00000103. The Hall–Kier alpha value is -2.81. The second-order valence-corrected chi connectivity index (χ2v) is 9.51. The minimum atomic E-state index is 0.194. The van der Waals surface area contributed by atoms with Crippen molar-refractivity contribution in [1.29, 1.82) is 0 Å². The van der Waals surface area contributed by atoms with Crippen LogP contribution in [0.1, 0.15) is 61.9 Å². The minimum Gasteiger partial charge on any atom is -0.355 e. The highest BCUT2D eigenvalue weighted by atomic mass is 35.5. The van der Waals surface area contributed by atoms with Gasteiger partial charge in [0.2, 0.25) is 0 Å².